The van der Waals surface area contributed by atoms with Crippen molar-refractivity contribution in [2.45, 2.75) is 13.8 Å². The minimum absolute atomic E-state index is 0.0166. The lowest BCUT2D eigenvalue weighted by Gasteiger charge is -2.20. The van der Waals surface area contributed by atoms with Crippen molar-refractivity contribution >= 4 is 17.3 Å². The summed E-state index contributed by atoms with van der Waals surface area (Å²) < 4.78 is 5.53. The Kier molecular flexibility index (Phi) is 5.48. The number of ether oxygens (including phenoxy) is 1. The van der Waals surface area contributed by atoms with Gasteiger partial charge in [-0.3, -0.25) is 4.79 Å². The fourth-order valence-corrected chi connectivity index (χ4v) is 1.73. The summed E-state index contributed by atoms with van der Waals surface area (Å²) in [5, 5.41) is 0. The van der Waals surface area contributed by atoms with Crippen LogP contribution >= 0.6 is 0 Å². The molecule has 0 saturated carbocycles. The van der Waals surface area contributed by atoms with Gasteiger partial charge >= 0.3 is 0 Å². The van der Waals surface area contributed by atoms with E-state index >= 15 is 0 Å². The molecule has 0 fully saturated rings. The first-order valence-corrected chi connectivity index (χ1v) is 6.47. The van der Waals surface area contributed by atoms with Gasteiger partial charge in [-0.25, -0.2) is 0 Å². The molecule has 0 aliphatic rings. The molecule has 0 aliphatic carbocycles. The number of hydrogen-bond donors (Lipinski definition) is 1. The number of hydrogen-bond acceptors (Lipinski definition) is 4. The fraction of sp³-hybridized carbons (Fsp3) is 0.500. The lowest BCUT2D eigenvalue weighted by atomic mass is 10.2. The molecule has 5 nitrogen and oxygen atoms in total. The number of carbonyl (C=O) groups is 1. The third-order valence-corrected chi connectivity index (χ3v) is 2.98. The quantitative estimate of drug-likeness (QED) is 0.793. The smallest absolute Gasteiger partial charge is 0.260 e. The minimum Gasteiger partial charge on any atom is -0.482 e. The van der Waals surface area contributed by atoms with Gasteiger partial charge in [0.15, 0.2) is 6.61 Å². The van der Waals surface area contributed by atoms with E-state index in [-0.39, 0.29) is 12.5 Å². The highest BCUT2D eigenvalue weighted by molar-refractivity contribution is 5.78. The van der Waals surface area contributed by atoms with Crippen LogP contribution in [0.3, 0.4) is 0 Å². The van der Waals surface area contributed by atoms with Gasteiger partial charge in [0.25, 0.3) is 5.91 Å². The Morgan fingerprint density at radius 2 is 1.89 bits per heavy atom. The number of likely N-dealkylation sites (N-methyl/N-ethyl adjacent to an activating group) is 1. The van der Waals surface area contributed by atoms with Crippen molar-refractivity contribution < 1.29 is 9.53 Å². The molecule has 5 heteroatoms. The molecule has 1 aromatic carbocycles. The first kappa shape index (κ1) is 15.1. The summed E-state index contributed by atoms with van der Waals surface area (Å²) in [5.41, 5.74) is 7.37. The molecule has 1 rings (SSSR count). The Labute approximate surface area is 114 Å². The fourth-order valence-electron chi connectivity index (χ4n) is 1.73. The molecule has 1 amide bonds. The van der Waals surface area contributed by atoms with Gasteiger partial charge < -0.3 is 20.3 Å². The number of anilines is 2. The third-order valence-electron chi connectivity index (χ3n) is 2.98. The summed E-state index contributed by atoms with van der Waals surface area (Å²) in [7, 11) is 3.88. The highest BCUT2D eigenvalue weighted by atomic mass is 16.5. The number of amides is 1. The summed E-state index contributed by atoms with van der Waals surface area (Å²) in [6.07, 6.45) is 0. The zero-order valence-corrected chi connectivity index (χ0v) is 12.1. The first-order valence-electron chi connectivity index (χ1n) is 6.47. The lowest BCUT2D eigenvalue weighted by molar-refractivity contribution is -0.132. The number of carbonyl (C=O) groups excluding carboxylic acids is 1. The van der Waals surface area contributed by atoms with E-state index in [1.807, 2.05) is 45.0 Å². The van der Waals surface area contributed by atoms with Crippen molar-refractivity contribution in [2.75, 3.05) is 44.4 Å². The molecule has 0 heterocycles. The maximum atomic E-state index is 11.9. The van der Waals surface area contributed by atoms with E-state index in [0.717, 1.165) is 5.69 Å². The van der Waals surface area contributed by atoms with Crippen LogP contribution in [0.15, 0.2) is 18.2 Å². The van der Waals surface area contributed by atoms with Crippen LogP contribution in [-0.4, -0.2) is 44.6 Å². The SMILES string of the molecule is CCN(CC)C(=O)COc1cc(N(C)C)ccc1N. The Balaban J connectivity index is 2.72. The minimum atomic E-state index is -0.0281. The van der Waals surface area contributed by atoms with Gasteiger partial charge in [0, 0.05) is 38.9 Å². The van der Waals surface area contributed by atoms with Crippen molar-refractivity contribution in [3.63, 3.8) is 0 Å². The second-order valence-electron chi connectivity index (χ2n) is 4.47. The van der Waals surface area contributed by atoms with Crippen LogP contribution in [0.5, 0.6) is 5.75 Å². The zero-order chi connectivity index (χ0) is 14.4. The Bertz CT molecular complexity index is 429. The van der Waals surface area contributed by atoms with E-state index in [1.165, 1.54) is 0 Å². The molecule has 106 valence electrons. The highest BCUT2D eigenvalue weighted by Crippen LogP contribution is 2.26. The van der Waals surface area contributed by atoms with Crippen LogP contribution in [0.25, 0.3) is 0 Å². The standard InChI is InChI=1S/C14H23N3O2/c1-5-17(6-2)14(18)10-19-13-9-11(16(3)4)7-8-12(13)15/h7-9H,5-6,10,15H2,1-4H3. The summed E-state index contributed by atoms with van der Waals surface area (Å²) in [4.78, 5) is 15.5. The van der Waals surface area contributed by atoms with Crippen LogP contribution in [0, 0.1) is 0 Å². The lowest BCUT2D eigenvalue weighted by Crippen LogP contribution is -2.34. The van der Waals surface area contributed by atoms with Gasteiger partial charge in [-0.05, 0) is 26.0 Å². The van der Waals surface area contributed by atoms with E-state index in [1.54, 1.807) is 11.0 Å². The monoisotopic (exact) mass is 265 g/mol. The summed E-state index contributed by atoms with van der Waals surface area (Å²) in [6, 6.07) is 5.53. The molecule has 0 atom stereocenters. The number of rotatable bonds is 6. The zero-order valence-electron chi connectivity index (χ0n) is 12.1. The van der Waals surface area contributed by atoms with E-state index in [2.05, 4.69) is 0 Å². The molecule has 2 N–H and O–H groups in total. The Morgan fingerprint density at radius 1 is 1.26 bits per heavy atom. The molecule has 0 aromatic heterocycles. The molecular formula is C14H23N3O2. The van der Waals surface area contributed by atoms with Crippen LogP contribution in [-0.2, 0) is 4.79 Å². The van der Waals surface area contributed by atoms with Crippen molar-refractivity contribution in [2.24, 2.45) is 0 Å². The molecule has 0 saturated heterocycles. The number of nitrogen functional groups attached to an aromatic ring is 1. The average Bonchev–Trinajstić information content (AvgIpc) is 2.38. The summed E-state index contributed by atoms with van der Waals surface area (Å²) in [6.45, 7) is 5.28. The molecule has 0 radical (unpaired) electrons. The largest absolute Gasteiger partial charge is 0.482 e. The van der Waals surface area contributed by atoms with Crippen molar-refractivity contribution in [1.82, 2.24) is 4.90 Å². The van der Waals surface area contributed by atoms with Crippen LogP contribution in [0.2, 0.25) is 0 Å². The number of benzene rings is 1. The van der Waals surface area contributed by atoms with E-state index in [9.17, 15) is 4.79 Å². The Hall–Kier alpha value is -1.91. The number of nitrogens with two attached hydrogens (primary N) is 1. The Morgan fingerprint density at radius 3 is 2.42 bits per heavy atom. The molecule has 19 heavy (non-hydrogen) atoms. The summed E-state index contributed by atoms with van der Waals surface area (Å²) in [5.74, 6) is 0.520. The second-order valence-corrected chi connectivity index (χ2v) is 4.47. The molecular weight excluding hydrogens is 242 g/mol. The van der Waals surface area contributed by atoms with Crippen molar-refractivity contribution in [1.29, 1.82) is 0 Å². The normalized spacial score (nSPS) is 10.1. The van der Waals surface area contributed by atoms with Gasteiger partial charge in [-0.2, -0.15) is 0 Å². The van der Waals surface area contributed by atoms with Crippen molar-refractivity contribution in [3.05, 3.63) is 18.2 Å². The molecule has 0 unspecified atom stereocenters. The van der Waals surface area contributed by atoms with Crippen LogP contribution in [0.4, 0.5) is 11.4 Å². The average molecular weight is 265 g/mol. The van der Waals surface area contributed by atoms with Gasteiger partial charge in [0.1, 0.15) is 5.75 Å². The topological polar surface area (TPSA) is 58.8 Å². The molecule has 0 spiro atoms. The highest BCUT2D eigenvalue weighted by Gasteiger charge is 2.11. The summed E-state index contributed by atoms with van der Waals surface area (Å²) >= 11 is 0. The molecule has 0 bridgehead atoms. The number of nitrogens with zero attached hydrogens (tertiary/aromatic N) is 2. The first-order chi connectivity index (χ1) is 8.99. The third kappa shape index (κ3) is 4.05. The maximum absolute atomic E-state index is 11.9. The van der Waals surface area contributed by atoms with E-state index in [0.29, 0.717) is 24.5 Å². The van der Waals surface area contributed by atoms with Gasteiger partial charge in [0.05, 0.1) is 5.69 Å². The molecule has 0 aliphatic heterocycles. The van der Waals surface area contributed by atoms with Crippen LogP contribution < -0.4 is 15.4 Å². The predicted octanol–water partition coefficient (Wildman–Crippen LogP) is 1.58. The molecule has 1 aromatic rings. The van der Waals surface area contributed by atoms with E-state index in [4.69, 9.17) is 10.5 Å². The van der Waals surface area contributed by atoms with Crippen LogP contribution in [0.1, 0.15) is 13.8 Å². The van der Waals surface area contributed by atoms with Gasteiger partial charge in [-0.15, -0.1) is 0 Å². The van der Waals surface area contributed by atoms with Crippen molar-refractivity contribution in [3.8, 4) is 5.75 Å². The van der Waals surface area contributed by atoms with Gasteiger partial charge in [-0.1, -0.05) is 0 Å². The maximum Gasteiger partial charge on any atom is 0.260 e. The van der Waals surface area contributed by atoms with E-state index < -0.39 is 0 Å². The predicted molar refractivity (Wildman–Crippen MR) is 78.6 cm³/mol. The second kappa shape index (κ2) is 6.87. The van der Waals surface area contributed by atoms with Gasteiger partial charge in [0.2, 0.25) is 0 Å².